The quantitative estimate of drug-likeness (QED) is 0.207. The minimum absolute atomic E-state index is 0.213. The van der Waals surface area contributed by atoms with Gasteiger partial charge in [0.15, 0.2) is 0 Å². The highest BCUT2D eigenvalue weighted by atomic mass is 35.5. The van der Waals surface area contributed by atoms with Gasteiger partial charge in [0.2, 0.25) is 0 Å². The molecule has 0 bridgehead atoms. The Labute approximate surface area is 296 Å². The zero-order valence-electron chi connectivity index (χ0n) is 29.7. The fourth-order valence-electron chi connectivity index (χ4n) is 6.64. The molecule has 1 aliphatic heterocycles. The second-order valence-electron chi connectivity index (χ2n) is 14.2. The van der Waals surface area contributed by atoms with Crippen molar-refractivity contribution >= 4 is 29.7 Å². The van der Waals surface area contributed by atoms with Crippen LogP contribution < -0.4 is 10.6 Å². The largest absolute Gasteiger partial charge is 0.453 e. The van der Waals surface area contributed by atoms with Crippen LogP contribution in [0.4, 0.5) is 9.59 Å². The number of nitrogens with one attached hydrogen (secondary N) is 2. The summed E-state index contributed by atoms with van der Waals surface area (Å²) >= 11 is 6.42. The highest BCUT2D eigenvalue weighted by Crippen LogP contribution is 2.36. The van der Waals surface area contributed by atoms with Gasteiger partial charge in [0.25, 0.3) is 5.91 Å². The van der Waals surface area contributed by atoms with Gasteiger partial charge in [-0.05, 0) is 106 Å². The Morgan fingerprint density at radius 3 is 2.45 bits per heavy atom. The number of alkyl carbamates (subject to hydrolysis) is 1. The number of benzene rings is 2. The van der Waals surface area contributed by atoms with E-state index in [1.807, 2.05) is 57.2 Å². The molecule has 2 aromatic rings. The van der Waals surface area contributed by atoms with Crippen LogP contribution in [0.5, 0.6) is 0 Å². The highest BCUT2D eigenvalue weighted by Gasteiger charge is 2.30. The SMILES string of the molecule is COC(=O)NCCOC(c1cccc(Cl)c1)c1cc(C(=O)NC[C@H](C[C@H]2CCCOC2)N(C)C(=O)OC(C)(C)C)cc(C2CCCCC2)c1. The molecule has 10 nitrogen and oxygen atoms in total. The number of carbonyl (C=O) groups is 3. The van der Waals surface area contributed by atoms with Gasteiger partial charge in [0.1, 0.15) is 11.7 Å². The Morgan fingerprint density at radius 1 is 1.00 bits per heavy atom. The second kappa shape index (κ2) is 18.6. The zero-order valence-corrected chi connectivity index (χ0v) is 30.5. The molecule has 1 unspecified atom stereocenters. The molecule has 2 N–H and O–H groups in total. The molecule has 2 fully saturated rings. The maximum Gasteiger partial charge on any atom is 0.410 e. The Kier molecular flexibility index (Phi) is 14.6. The van der Waals surface area contributed by atoms with Gasteiger partial charge in [0.05, 0.1) is 19.8 Å². The monoisotopic (exact) mass is 699 g/mol. The average Bonchev–Trinajstić information content (AvgIpc) is 3.09. The van der Waals surface area contributed by atoms with Crippen molar-refractivity contribution in [2.24, 2.45) is 5.92 Å². The van der Waals surface area contributed by atoms with E-state index < -0.39 is 23.9 Å². The van der Waals surface area contributed by atoms with Gasteiger partial charge in [0, 0.05) is 43.9 Å². The lowest BCUT2D eigenvalue weighted by atomic mass is 9.82. The molecule has 270 valence electrons. The molecule has 49 heavy (non-hydrogen) atoms. The molecule has 1 saturated carbocycles. The van der Waals surface area contributed by atoms with Crippen LogP contribution in [-0.4, -0.2) is 81.7 Å². The summed E-state index contributed by atoms with van der Waals surface area (Å²) in [5.74, 6) is 0.392. The number of halogens is 1. The van der Waals surface area contributed by atoms with E-state index in [1.54, 1.807) is 11.9 Å². The molecular weight excluding hydrogens is 646 g/mol. The minimum atomic E-state index is -0.639. The predicted octanol–water partition coefficient (Wildman–Crippen LogP) is 7.63. The first-order valence-electron chi connectivity index (χ1n) is 17.6. The molecular formula is C38H54ClN3O7. The van der Waals surface area contributed by atoms with Crippen LogP contribution >= 0.6 is 11.6 Å². The van der Waals surface area contributed by atoms with E-state index >= 15 is 0 Å². The zero-order chi connectivity index (χ0) is 35.4. The second-order valence-corrected chi connectivity index (χ2v) is 14.7. The van der Waals surface area contributed by atoms with Gasteiger partial charge in [-0.1, -0.05) is 49.1 Å². The van der Waals surface area contributed by atoms with Crippen molar-refractivity contribution in [3.63, 3.8) is 0 Å². The minimum Gasteiger partial charge on any atom is -0.453 e. The molecule has 0 radical (unpaired) electrons. The summed E-state index contributed by atoms with van der Waals surface area (Å²) in [6, 6.07) is 13.2. The van der Waals surface area contributed by atoms with Crippen LogP contribution in [0, 0.1) is 5.92 Å². The van der Waals surface area contributed by atoms with Crippen LogP contribution in [0.15, 0.2) is 42.5 Å². The summed E-state index contributed by atoms with van der Waals surface area (Å²) in [5, 5.41) is 6.38. The maximum atomic E-state index is 14.0. The van der Waals surface area contributed by atoms with Crippen molar-refractivity contribution in [1.82, 2.24) is 15.5 Å². The summed E-state index contributed by atoms with van der Waals surface area (Å²) < 4.78 is 22.5. The number of hydrogen-bond acceptors (Lipinski definition) is 7. The molecule has 2 aromatic carbocycles. The third kappa shape index (κ3) is 12.2. The number of likely N-dealkylation sites (N-methyl/N-ethyl adjacent to an activating group) is 1. The molecule has 0 aromatic heterocycles. The number of ether oxygens (including phenoxy) is 4. The lowest BCUT2D eigenvalue weighted by Gasteiger charge is -2.34. The Morgan fingerprint density at radius 2 is 1.78 bits per heavy atom. The normalized spacial score (nSPS) is 18.2. The van der Waals surface area contributed by atoms with Crippen molar-refractivity contribution in [2.75, 3.05) is 47.1 Å². The smallest absolute Gasteiger partial charge is 0.410 e. The number of amides is 3. The Hall–Kier alpha value is -3.34. The van der Waals surface area contributed by atoms with Crippen molar-refractivity contribution in [3.8, 4) is 0 Å². The summed E-state index contributed by atoms with van der Waals surface area (Å²) in [5.41, 5.74) is 2.66. The first-order valence-corrected chi connectivity index (χ1v) is 18.0. The molecule has 4 rings (SSSR count). The lowest BCUT2D eigenvalue weighted by Crippen LogP contribution is -2.48. The van der Waals surface area contributed by atoms with Crippen molar-refractivity contribution in [2.45, 2.75) is 95.8 Å². The van der Waals surface area contributed by atoms with Gasteiger partial charge < -0.3 is 34.5 Å². The molecule has 2 aliphatic rings. The first kappa shape index (κ1) is 38.5. The predicted molar refractivity (Wildman–Crippen MR) is 190 cm³/mol. The fraction of sp³-hybridized carbons (Fsp3) is 0.605. The van der Waals surface area contributed by atoms with E-state index in [0.29, 0.717) is 29.5 Å². The molecule has 1 aliphatic carbocycles. The van der Waals surface area contributed by atoms with Crippen molar-refractivity contribution < 1.29 is 33.3 Å². The van der Waals surface area contributed by atoms with Crippen LogP contribution in [-0.2, 0) is 18.9 Å². The van der Waals surface area contributed by atoms with Crippen LogP contribution in [0.3, 0.4) is 0 Å². The van der Waals surface area contributed by atoms with Gasteiger partial charge in [-0.15, -0.1) is 0 Å². The van der Waals surface area contributed by atoms with Crippen LogP contribution in [0.25, 0.3) is 0 Å². The van der Waals surface area contributed by atoms with Gasteiger partial charge in [-0.25, -0.2) is 9.59 Å². The van der Waals surface area contributed by atoms with Crippen molar-refractivity contribution in [1.29, 1.82) is 0 Å². The van der Waals surface area contributed by atoms with Crippen LogP contribution in [0.2, 0.25) is 5.02 Å². The van der Waals surface area contributed by atoms with Crippen molar-refractivity contribution in [3.05, 3.63) is 69.7 Å². The summed E-state index contributed by atoms with van der Waals surface area (Å²) in [6.07, 6.45) is 6.81. The van der Waals surface area contributed by atoms with E-state index in [9.17, 15) is 14.4 Å². The molecule has 3 atom stereocenters. The third-order valence-electron chi connectivity index (χ3n) is 9.20. The molecule has 1 saturated heterocycles. The highest BCUT2D eigenvalue weighted by molar-refractivity contribution is 6.30. The summed E-state index contributed by atoms with van der Waals surface area (Å²) in [4.78, 5) is 40.4. The average molecular weight is 700 g/mol. The maximum absolute atomic E-state index is 14.0. The topological polar surface area (TPSA) is 115 Å². The number of carbonyl (C=O) groups excluding carboxylic acids is 3. The third-order valence-corrected chi connectivity index (χ3v) is 9.43. The van der Waals surface area contributed by atoms with Gasteiger partial charge in [-0.2, -0.15) is 0 Å². The number of rotatable bonds is 13. The summed E-state index contributed by atoms with van der Waals surface area (Å²) in [7, 11) is 3.05. The number of methoxy groups -OCH3 is 1. The standard InChI is InChI=1S/C38H54ClN3O7/c1-38(2,3)49-37(45)42(4)33(19-26-11-10-17-47-25-26)24-41-35(43)31-21-29(27-12-7-6-8-13-27)20-30(22-31)34(28-14-9-15-32(39)23-28)48-18-16-40-36(44)46-5/h9,14-15,20-23,26-27,33-34H,6-8,10-13,16-19,24-25H2,1-5H3,(H,40,44)(H,41,43)/t26-,33+,34?/m1/s1. The molecule has 1 heterocycles. The van der Waals surface area contributed by atoms with Gasteiger partial charge in [-0.3, -0.25) is 4.79 Å². The van der Waals surface area contributed by atoms with E-state index in [2.05, 4.69) is 16.7 Å². The number of nitrogens with zero attached hydrogens (tertiary/aromatic N) is 1. The lowest BCUT2D eigenvalue weighted by molar-refractivity contribution is 0.0112. The first-order chi connectivity index (χ1) is 23.4. The molecule has 0 spiro atoms. The molecule has 11 heteroatoms. The van der Waals surface area contributed by atoms with E-state index in [4.69, 9.17) is 30.5 Å². The van der Waals surface area contributed by atoms with E-state index in [-0.39, 0.29) is 37.6 Å². The summed E-state index contributed by atoms with van der Waals surface area (Å²) in [6.45, 7) is 7.65. The fourth-order valence-corrected chi connectivity index (χ4v) is 6.84. The van der Waals surface area contributed by atoms with E-state index in [1.165, 1.54) is 13.5 Å². The van der Waals surface area contributed by atoms with Gasteiger partial charge >= 0.3 is 12.2 Å². The Balaban J connectivity index is 1.61. The molecule has 3 amide bonds. The van der Waals surface area contributed by atoms with E-state index in [0.717, 1.165) is 61.8 Å². The Bertz CT molecular complexity index is 1390. The van der Waals surface area contributed by atoms with Crippen LogP contribution in [0.1, 0.15) is 111 Å². The number of hydrogen-bond donors (Lipinski definition) is 2.